The second-order valence-electron chi connectivity index (χ2n) is 6.03. The molecule has 1 aliphatic carbocycles. The largest absolute Gasteiger partial charge is 0.394 e. The van der Waals surface area contributed by atoms with Crippen molar-refractivity contribution in [2.75, 3.05) is 13.2 Å². The molecule has 0 radical (unpaired) electrons. The molecular weight excluding hydrogens is 222 g/mol. The van der Waals surface area contributed by atoms with Crippen LogP contribution in [0.1, 0.15) is 43.4 Å². The monoisotopic (exact) mass is 247 g/mol. The van der Waals surface area contributed by atoms with E-state index < -0.39 is 0 Å². The van der Waals surface area contributed by atoms with E-state index in [1.807, 2.05) is 13.8 Å². The Labute approximate surface area is 110 Å². The Kier molecular flexibility index (Phi) is 4.41. The molecule has 100 valence electrons. The minimum atomic E-state index is -0.172. The van der Waals surface area contributed by atoms with Gasteiger partial charge in [0.15, 0.2) is 0 Å². The predicted octanol–water partition coefficient (Wildman–Crippen LogP) is 2.47. The first-order valence-corrected chi connectivity index (χ1v) is 7.07. The first kappa shape index (κ1) is 13.6. The summed E-state index contributed by atoms with van der Waals surface area (Å²) in [4.78, 5) is 0. The highest BCUT2D eigenvalue weighted by molar-refractivity contribution is 5.33. The molecule has 0 bridgehead atoms. The van der Waals surface area contributed by atoms with Gasteiger partial charge in [0.25, 0.3) is 0 Å². The molecule has 0 heterocycles. The van der Waals surface area contributed by atoms with E-state index in [4.69, 9.17) is 0 Å². The van der Waals surface area contributed by atoms with Crippen LogP contribution in [0.25, 0.3) is 0 Å². The summed E-state index contributed by atoms with van der Waals surface area (Å²) in [6.45, 7) is 5.16. The fourth-order valence-electron chi connectivity index (χ4n) is 2.54. The molecule has 0 fully saturated rings. The third-order valence-electron chi connectivity index (χ3n) is 3.83. The molecule has 2 heteroatoms. The number of hydrogen-bond acceptors (Lipinski definition) is 2. The number of nitrogens with one attached hydrogen (secondary N) is 1. The molecule has 2 nitrogen and oxygen atoms in total. The van der Waals surface area contributed by atoms with E-state index in [0.29, 0.717) is 0 Å². The van der Waals surface area contributed by atoms with Crippen LogP contribution in [0.3, 0.4) is 0 Å². The van der Waals surface area contributed by atoms with Crippen LogP contribution in [0, 0.1) is 0 Å². The summed E-state index contributed by atoms with van der Waals surface area (Å²) in [7, 11) is 0. The molecule has 1 aliphatic rings. The summed E-state index contributed by atoms with van der Waals surface area (Å²) in [6, 6.07) is 6.95. The lowest BCUT2D eigenvalue weighted by Crippen LogP contribution is -2.43. The number of fused-ring (bicyclic) bond motifs is 1. The van der Waals surface area contributed by atoms with Crippen LogP contribution in [0.5, 0.6) is 0 Å². The van der Waals surface area contributed by atoms with Gasteiger partial charge in [-0.3, -0.25) is 0 Å². The molecule has 1 aromatic carbocycles. The maximum absolute atomic E-state index is 9.19. The number of rotatable bonds is 5. The van der Waals surface area contributed by atoms with Crippen molar-refractivity contribution in [2.24, 2.45) is 0 Å². The van der Waals surface area contributed by atoms with Crippen molar-refractivity contribution in [2.45, 2.75) is 51.5 Å². The van der Waals surface area contributed by atoms with E-state index in [-0.39, 0.29) is 12.1 Å². The molecule has 2 rings (SSSR count). The van der Waals surface area contributed by atoms with Gasteiger partial charge in [-0.25, -0.2) is 0 Å². The average Bonchev–Trinajstić information content (AvgIpc) is 2.38. The van der Waals surface area contributed by atoms with E-state index in [1.165, 1.54) is 31.2 Å². The van der Waals surface area contributed by atoms with Crippen LogP contribution in [0.15, 0.2) is 18.2 Å². The second-order valence-corrected chi connectivity index (χ2v) is 6.03. The Balaban J connectivity index is 1.90. The molecule has 0 spiro atoms. The smallest absolute Gasteiger partial charge is 0.0607 e. The van der Waals surface area contributed by atoms with Crippen LogP contribution in [0.2, 0.25) is 0 Å². The lowest BCUT2D eigenvalue weighted by molar-refractivity contribution is 0.189. The zero-order valence-corrected chi connectivity index (χ0v) is 11.6. The van der Waals surface area contributed by atoms with E-state index in [0.717, 1.165) is 13.0 Å². The molecular formula is C16H25NO. The SMILES string of the molecule is CC(C)(CO)NCCc1ccc2c(c1)CCCC2. The Hall–Kier alpha value is -0.860. The average molecular weight is 247 g/mol. The summed E-state index contributed by atoms with van der Waals surface area (Å²) in [6.07, 6.45) is 6.23. The van der Waals surface area contributed by atoms with Crippen molar-refractivity contribution in [3.63, 3.8) is 0 Å². The standard InChI is InChI=1S/C16H25NO/c1-16(2,12-18)17-10-9-13-7-8-14-5-3-4-6-15(14)11-13/h7-8,11,17-18H,3-6,9-10,12H2,1-2H3. The topological polar surface area (TPSA) is 32.3 Å². The van der Waals surface area contributed by atoms with E-state index >= 15 is 0 Å². The van der Waals surface area contributed by atoms with Crippen LogP contribution < -0.4 is 5.32 Å². The molecule has 0 saturated carbocycles. The fraction of sp³-hybridized carbons (Fsp3) is 0.625. The van der Waals surface area contributed by atoms with Crippen LogP contribution in [-0.4, -0.2) is 23.8 Å². The first-order valence-electron chi connectivity index (χ1n) is 7.07. The van der Waals surface area contributed by atoms with Crippen molar-refractivity contribution in [1.82, 2.24) is 5.32 Å². The fourth-order valence-corrected chi connectivity index (χ4v) is 2.54. The molecule has 0 unspecified atom stereocenters. The minimum absolute atomic E-state index is 0.172. The Morgan fingerprint density at radius 2 is 1.89 bits per heavy atom. The van der Waals surface area contributed by atoms with Gasteiger partial charge in [0.1, 0.15) is 0 Å². The molecule has 0 aromatic heterocycles. The normalized spacial score (nSPS) is 15.5. The van der Waals surface area contributed by atoms with Gasteiger partial charge in [0.2, 0.25) is 0 Å². The van der Waals surface area contributed by atoms with Crippen LogP contribution >= 0.6 is 0 Å². The molecule has 1 aromatic rings. The highest BCUT2D eigenvalue weighted by Gasteiger charge is 2.14. The van der Waals surface area contributed by atoms with Gasteiger partial charge in [-0.1, -0.05) is 18.2 Å². The maximum atomic E-state index is 9.19. The first-order chi connectivity index (χ1) is 8.61. The van der Waals surface area contributed by atoms with Crippen molar-refractivity contribution in [1.29, 1.82) is 0 Å². The molecule has 0 saturated heterocycles. The van der Waals surface area contributed by atoms with Gasteiger partial charge in [0.05, 0.1) is 6.61 Å². The van der Waals surface area contributed by atoms with Gasteiger partial charge in [0, 0.05) is 5.54 Å². The lowest BCUT2D eigenvalue weighted by Gasteiger charge is -2.23. The summed E-state index contributed by atoms with van der Waals surface area (Å²) in [5, 5.41) is 12.6. The zero-order chi connectivity index (χ0) is 13.0. The van der Waals surface area contributed by atoms with Gasteiger partial charge in [-0.2, -0.15) is 0 Å². The van der Waals surface area contributed by atoms with Gasteiger partial charge in [-0.05, 0) is 69.2 Å². The van der Waals surface area contributed by atoms with Crippen LogP contribution in [-0.2, 0) is 19.3 Å². The van der Waals surface area contributed by atoms with Gasteiger partial charge >= 0.3 is 0 Å². The quantitative estimate of drug-likeness (QED) is 0.838. The lowest BCUT2D eigenvalue weighted by atomic mass is 9.90. The van der Waals surface area contributed by atoms with Crippen LogP contribution in [0.4, 0.5) is 0 Å². The summed E-state index contributed by atoms with van der Waals surface area (Å²) in [5.41, 5.74) is 4.35. The van der Waals surface area contributed by atoms with E-state index in [9.17, 15) is 5.11 Å². The third-order valence-corrected chi connectivity index (χ3v) is 3.83. The summed E-state index contributed by atoms with van der Waals surface area (Å²) in [5.74, 6) is 0. The number of aliphatic hydroxyl groups excluding tert-OH is 1. The van der Waals surface area contributed by atoms with Crippen molar-refractivity contribution < 1.29 is 5.11 Å². The van der Waals surface area contributed by atoms with Gasteiger partial charge < -0.3 is 10.4 Å². The molecule has 18 heavy (non-hydrogen) atoms. The number of benzene rings is 1. The third kappa shape index (κ3) is 3.56. The number of aryl methyl sites for hydroxylation is 2. The highest BCUT2D eigenvalue weighted by Crippen LogP contribution is 2.22. The number of aliphatic hydroxyl groups is 1. The zero-order valence-electron chi connectivity index (χ0n) is 11.6. The molecule has 2 N–H and O–H groups in total. The van der Waals surface area contributed by atoms with Crippen molar-refractivity contribution >= 4 is 0 Å². The summed E-state index contributed by atoms with van der Waals surface area (Å²) < 4.78 is 0. The second kappa shape index (κ2) is 5.85. The Morgan fingerprint density at radius 3 is 2.61 bits per heavy atom. The molecule has 0 amide bonds. The van der Waals surface area contributed by atoms with Crippen molar-refractivity contribution in [3.8, 4) is 0 Å². The Morgan fingerprint density at radius 1 is 1.17 bits per heavy atom. The highest BCUT2D eigenvalue weighted by atomic mass is 16.3. The summed E-state index contributed by atoms with van der Waals surface area (Å²) >= 11 is 0. The molecule has 0 atom stereocenters. The predicted molar refractivity (Wildman–Crippen MR) is 76.0 cm³/mol. The van der Waals surface area contributed by atoms with Crippen molar-refractivity contribution in [3.05, 3.63) is 34.9 Å². The Bertz CT molecular complexity index is 398. The van der Waals surface area contributed by atoms with Gasteiger partial charge in [-0.15, -0.1) is 0 Å². The van der Waals surface area contributed by atoms with E-state index in [2.05, 4.69) is 23.5 Å². The molecule has 0 aliphatic heterocycles. The maximum Gasteiger partial charge on any atom is 0.0607 e. The number of hydrogen-bond donors (Lipinski definition) is 2. The van der Waals surface area contributed by atoms with E-state index in [1.54, 1.807) is 11.1 Å². The minimum Gasteiger partial charge on any atom is -0.394 e.